The molecule has 0 aliphatic carbocycles. The fourth-order valence-electron chi connectivity index (χ4n) is 1.58. The highest BCUT2D eigenvalue weighted by atomic mass is 15.3. The van der Waals surface area contributed by atoms with Crippen LogP contribution in [-0.4, -0.2) is 16.3 Å². The molecular formula is C12H15N3. The van der Waals surface area contributed by atoms with E-state index in [9.17, 15) is 0 Å². The molecule has 0 amide bonds. The Hall–Kier alpha value is -1.61. The molecule has 78 valence electrons. The van der Waals surface area contributed by atoms with Crippen molar-refractivity contribution in [2.24, 2.45) is 5.73 Å². The van der Waals surface area contributed by atoms with Crippen LogP contribution in [0.2, 0.25) is 0 Å². The lowest BCUT2D eigenvalue weighted by Crippen LogP contribution is -2.03. The van der Waals surface area contributed by atoms with Gasteiger partial charge < -0.3 is 5.73 Å². The normalized spacial score (nSPS) is 10.5. The maximum Gasteiger partial charge on any atom is 0.0648 e. The van der Waals surface area contributed by atoms with Crippen LogP contribution in [0.1, 0.15) is 11.1 Å². The molecule has 0 unspecified atom stereocenters. The first-order valence-electron chi connectivity index (χ1n) is 5.10. The van der Waals surface area contributed by atoms with E-state index in [2.05, 4.69) is 17.2 Å². The van der Waals surface area contributed by atoms with Crippen LogP contribution < -0.4 is 5.73 Å². The fraction of sp³-hybridized carbons (Fsp3) is 0.250. The van der Waals surface area contributed by atoms with Gasteiger partial charge in [-0.25, -0.2) is 4.68 Å². The quantitative estimate of drug-likeness (QED) is 0.821. The predicted octanol–water partition coefficient (Wildman–Crippen LogP) is 1.68. The second kappa shape index (κ2) is 4.28. The van der Waals surface area contributed by atoms with Gasteiger partial charge in [-0.2, -0.15) is 5.10 Å². The first-order chi connectivity index (χ1) is 7.29. The molecule has 0 saturated heterocycles. The number of rotatable bonds is 3. The third kappa shape index (κ3) is 2.25. The zero-order valence-electron chi connectivity index (χ0n) is 8.85. The van der Waals surface area contributed by atoms with Crippen LogP contribution in [0.4, 0.5) is 0 Å². The van der Waals surface area contributed by atoms with Crippen molar-refractivity contribution in [2.45, 2.75) is 13.3 Å². The molecule has 1 heterocycles. The molecule has 0 aliphatic heterocycles. The van der Waals surface area contributed by atoms with Crippen molar-refractivity contribution in [3.8, 4) is 5.69 Å². The monoisotopic (exact) mass is 201 g/mol. The molecule has 1 aromatic carbocycles. The molecule has 0 bridgehead atoms. The lowest BCUT2D eigenvalue weighted by atomic mass is 10.1. The standard InChI is InChI=1S/C12H15N3/c1-10-8-14-15(9-10)12-4-2-3-11(7-12)5-6-13/h2-4,7-9H,5-6,13H2,1H3. The Balaban J connectivity index is 2.32. The van der Waals surface area contributed by atoms with Crippen molar-refractivity contribution >= 4 is 0 Å². The Morgan fingerprint density at radius 3 is 2.93 bits per heavy atom. The van der Waals surface area contributed by atoms with E-state index in [0.29, 0.717) is 6.54 Å². The summed E-state index contributed by atoms with van der Waals surface area (Å²) in [5.41, 5.74) is 9.04. The third-order valence-electron chi connectivity index (χ3n) is 2.32. The maximum atomic E-state index is 5.53. The highest BCUT2D eigenvalue weighted by molar-refractivity contribution is 5.35. The molecule has 0 spiro atoms. The largest absolute Gasteiger partial charge is 0.330 e. The maximum absolute atomic E-state index is 5.53. The summed E-state index contributed by atoms with van der Waals surface area (Å²) in [6, 6.07) is 8.30. The number of nitrogens with zero attached hydrogens (tertiary/aromatic N) is 2. The Bertz CT molecular complexity index is 446. The predicted molar refractivity (Wildman–Crippen MR) is 61.1 cm³/mol. The van der Waals surface area contributed by atoms with E-state index in [0.717, 1.165) is 12.1 Å². The molecular weight excluding hydrogens is 186 g/mol. The average molecular weight is 201 g/mol. The van der Waals surface area contributed by atoms with Crippen molar-refractivity contribution in [3.05, 3.63) is 47.8 Å². The zero-order chi connectivity index (χ0) is 10.7. The summed E-state index contributed by atoms with van der Waals surface area (Å²) < 4.78 is 1.88. The molecule has 0 aliphatic rings. The van der Waals surface area contributed by atoms with E-state index in [4.69, 9.17) is 5.73 Å². The molecule has 2 N–H and O–H groups in total. The van der Waals surface area contributed by atoms with E-state index in [-0.39, 0.29) is 0 Å². The van der Waals surface area contributed by atoms with Crippen LogP contribution in [-0.2, 0) is 6.42 Å². The topological polar surface area (TPSA) is 43.8 Å². The smallest absolute Gasteiger partial charge is 0.0648 e. The average Bonchev–Trinajstić information content (AvgIpc) is 2.66. The van der Waals surface area contributed by atoms with Gasteiger partial charge in [-0.1, -0.05) is 12.1 Å². The van der Waals surface area contributed by atoms with Crippen LogP contribution in [0.25, 0.3) is 5.69 Å². The lowest BCUT2D eigenvalue weighted by Gasteiger charge is -2.04. The van der Waals surface area contributed by atoms with Crippen molar-refractivity contribution < 1.29 is 0 Å². The summed E-state index contributed by atoms with van der Waals surface area (Å²) in [6.07, 6.45) is 4.78. The molecule has 1 aromatic heterocycles. The van der Waals surface area contributed by atoms with Gasteiger partial charge in [0.1, 0.15) is 0 Å². The van der Waals surface area contributed by atoms with Gasteiger partial charge in [0.2, 0.25) is 0 Å². The third-order valence-corrected chi connectivity index (χ3v) is 2.32. The minimum Gasteiger partial charge on any atom is -0.330 e. The minimum atomic E-state index is 0.682. The first-order valence-corrected chi connectivity index (χ1v) is 5.10. The summed E-state index contributed by atoms with van der Waals surface area (Å²) in [5.74, 6) is 0. The Morgan fingerprint density at radius 2 is 2.27 bits per heavy atom. The summed E-state index contributed by atoms with van der Waals surface area (Å²) in [6.45, 7) is 2.72. The van der Waals surface area contributed by atoms with Crippen LogP contribution in [0, 0.1) is 6.92 Å². The van der Waals surface area contributed by atoms with Crippen LogP contribution in [0.15, 0.2) is 36.7 Å². The van der Waals surface area contributed by atoms with Crippen LogP contribution in [0.3, 0.4) is 0 Å². The van der Waals surface area contributed by atoms with Gasteiger partial charge in [-0.3, -0.25) is 0 Å². The second-order valence-corrected chi connectivity index (χ2v) is 3.67. The molecule has 3 heteroatoms. The highest BCUT2D eigenvalue weighted by Gasteiger charge is 1.99. The Morgan fingerprint density at radius 1 is 1.40 bits per heavy atom. The summed E-state index contributed by atoms with van der Waals surface area (Å²) >= 11 is 0. The summed E-state index contributed by atoms with van der Waals surface area (Å²) in [7, 11) is 0. The van der Waals surface area contributed by atoms with Gasteiger partial charge >= 0.3 is 0 Å². The number of benzene rings is 1. The van der Waals surface area contributed by atoms with Gasteiger partial charge in [0.05, 0.1) is 11.9 Å². The molecule has 0 atom stereocenters. The molecule has 0 saturated carbocycles. The lowest BCUT2D eigenvalue weighted by molar-refractivity contribution is 0.873. The van der Waals surface area contributed by atoms with Crippen molar-refractivity contribution in [3.63, 3.8) is 0 Å². The Labute approximate surface area is 89.5 Å². The molecule has 3 nitrogen and oxygen atoms in total. The minimum absolute atomic E-state index is 0.682. The van der Waals surface area contributed by atoms with Gasteiger partial charge in [-0.15, -0.1) is 0 Å². The number of nitrogens with two attached hydrogens (primary N) is 1. The van der Waals surface area contributed by atoms with Crippen LogP contribution >= 0.6 is 0 Å². The van der Waals surface area contributed by atoms with E-state index in [1.54, 1.807) is 0 Å². The highest BCUT2D eigenvalue weighted by Crippen LogP contribution is 2.10. The van der Waals surface area contributed by atoms with Crippen molar-refractivity contribution in [2.75, 3.05) is 6.54 Å². The zero-order valence-corrected chi connectivity index (χ0v) is 8.85. The number of aromatic nitrogens is 2. The van der Waals surface area contributed by atoms with E-state index >= 15 is 0 Å². The molecule has 0 radical (unpaired) electrons. The van der Waals surface area contributed by atoms with Crippen molar-refractivity contribution in [1.29, 1.82) is 0 Å². The van der Waals surface area contributed by atoms with E-state index < -0.39 is 0 Å². The van der Waals surface area contributed by atoms with E-state index in [1.807, 2.05) is 36.1 Å². The van der Waals surface area contributed by atoms with Crippen molar-refractivity contribution in [1.82, 2.24) is 9.78 Å². The molecule has 2 aromatic rings. The van der Waals surface area contributed by atoms with Gasteiger partial charge in [0.15, 0.2) is 0 Å². The van der Waals surface area contributed by atoms with Gasteiger partial charge in [-0.05, 0) is 43.1 Å². The summed E-state index contributed by atoms with van der Waals surface area (Å²) in [5, 5.41) is 4.27. The Kier molecular flexibility index (Phi) is 2.83. The fourth-order valence-corrected chi connectivity index (χ4v) is 1.58. The molecule has 0 fully saturated rings. The van der Waals surface area contributed by atoms with Gasteiger partial charge in [0, 0.05) is 6.20 Å². The van der Waals surface area contributed by atoms with Gasteiger partial charge in [0.25, 0.3) is 0 Å². The first kappa shape index (κ1) is 9.93. The second-order valence-electron chi connectivity index (χ2n) is 3.67. The molecule has 2 rings (SSSR count). The summed E-state index contributed by atoms with van der Waals surface area (Å²) in [4.78, 5) is 0. The van der Waals surface area contributed by atoms with E-state index in [1.165, 1.54) is 11.1 Å². The SMILES string of the molecule is Cc1cnn(-c2cccc(CCN)c2)c1. The van der Waals surface area contributed by atoms with Crippen LogP contribution in [0.5, 0.6) is 0 Å². The number of aryl methyl sites for hydroxylation is 1. The number of hydrogen-bond acceptors (Lipinski definition) is 2. The molecule has 15 heavy (non-hydrogen) atoms. The number of hydrogen-bond donors (Lipinski definition) is 1.